The van der Waals surface area contributed by atoms with E-state index in [4.69, 9.17) is 4.84 Å². The number of aromatic nitrogens is 6. The molecule has 0 radical (unpaired) electrons. The van der Waals surface area contributed by atoms with Crippen LogP contribution in [0.4, 0.5) is 14.4 Å². The van der Waals surface area contributed by atoms with Gasteiger partial charge in [-0.2, -0.15) is 23.8 Å². The van der Waals surface area contributed by atoms with Crippen LogP contribution in [-0.4, -0.2) is 147 Å². The molecule has 31 heteroatoms. The van der Waals surface area contributed by atoms with Gasteiger partial charge in [-0.15, -0.1) is 6.58 Å². The maximum Gasteiger partial charge on any atom is 1.00 e. The number of aromatic amines is 1. The topological polar surface area (TPSA) is 277 Å². The van der Waals surface area contributed by atoms with Gasteiger partial charge in [0.2, 0.25) is 20.8 Å². The zero-order valence-electron chi connectivity index (χ0n) is 33.9. The molecule has 0 spiro atoms. The van der Waals surface area contributed by atoms with Crippen molar-refractivity contribution in [1.29, 1.82) is 0 Å². The smallest absolute Gasteiger partial charge is 0.724 e. The number of hydrogen-bond acceptors (Lipinski definition) is 15. The number of carbonyl (C=O) groups excluding carboxylic acids is 3. The first-order chi connectivity index (χ1) is 27.5. The maximum absolute atomic E-state index is 12.3. The van der Waals surface area contributed by atoms with Gasteiger partial charge >= 0.3 is 77.2 Å². The Morgan fingerprint density at radius 3 is 1.40 bits per heavy atom. The summed E-state index contributed by atoms with van der Waals surface area (Å²) in [7, 11) is -6.25. The van der Waals surface area contributed by atoms with Crippen LogP contribution in [0.3, 0.4) is 0 Å². The van der Waals surface area contributed by atoms with Gasteiger partial charge in [-0.25, -0.2) is 46.2 Å². The van der Waals surface area contributed by atoms with Crippen molar-refractivity contribution < 1.29 is 176 Å². The summed E-state index contributed by atoms with van der Waals surface area (Å²) < 4.78 is 75.8. The minimum atomic E-state index is -4.98. The molecule has 6 atom stereocenters. The molecular formula is C34H44N12Na2O12S2W3. The van der Waals surface area contributed by atoms with E-state index in [1.54, 1.807) is 77.9 Å². The first-order valence-corrected chi connectivity index (χ1v) is 20.0. The molecule has 0 aromatic carbocycles. The Morgan fingerprint density at radius 2 is 1.05 bits per heavy atom. The SMILES string of the molecule is C.C.C=CCON1C(=O)N2CC1C=C[C@H]2c1nccn1C.Cn1ccnc1[C@@H]1C=CC2CN1C(=O)N2OS(=O)(=O)[O-].O=C1N(OS(=O)(=O)[O-])C2C=C[C@@H](c3ncc[nH]3)N1C2.[Na+].[Na+].[W].[W].[W]. The van der Waals surface area contributed by atoms with Gasteiger partial charge < -0.3 is 37.9 Å². The van der Waals surface area contributed by atoms with Crippen LogP contribution in [0.1, 0.15) is 50.5 Å². The van der Waals surface area contributed by atoms with Crippen LogP contribution in [0.2, 0.25) is 0 Å². The van der Waals surface area contributed by atoms with Crippen LogP contribution in [-0.2, 0) is 111 Å². The van der Waals surface area contributed by atoms with Gasteiger partial charge in [0.05, 0.1) is 44.4 Å². The molecule has 9 heterocycles. The van der Waals surface area contributed by atoms with Gasteiger partial charge in [0.1, 0.15) is 35.6 Å². The van der Waals surface area contributed by atoms with Crippen molar-refractivity contribution in [3.63, 3.8) is 0 Å². The molecule has 9 rings (SSSR count). The monoisotopic (exact) mass is 1470 g/mol. The van der Waals surface area contributed by atoms with E-state index in [0.717, 1.165) is 5.82 Å². The van der Waals surface area contributed by atoms with Crippen molar-refractivity contribution in [1.82, 2.24) is 59.0 Å². The number of imidazole rings is 3. The Kier molecular flexibility index (Phi) is 25.5. The Labute approximate surface area is 464 Å². The van der Waals surface area contributed by atoms with Crippen molar-refractivity contribution in [3.05, 3.63) is 104 Å². The van der Waals surface area contributed by atoms with Gasteiger partial charge in [-0.1, -0.05) is 57.4 Å². The molecule has 3 fully saturated rings. The zero-order chi connectivity index (χ0) is 41.5. The average molecular weight is 1470 g/mol. The van der Waals surface area contributed by atoms with Crippen LogP contribution in [0.5, 0.6) is 0 Å². The molecule has 24 nitrogen and oxygen atoms in total. The van der Waals surface area contributed by atoms with E-state index in [9.17, 15) is 40.3 Å². The third-order valence-corrected chi connectivity index (χ3v) is 10.3. The van der Waals surface area contributed by atoms with Crippen molar-refractivity contribution in [3.8, 4) is 0 Å². The quantitative estimate of drug-likeness (QED) is 0.0869. The maximum atomic E-state index is 12.3. The van der Waals surface area contributed by atoms with Crippen molar-refractivity contribution in [2.24, 2.45) is 14.1 Å². The summed E-state index contributed by atoms with van der Waals surface area (Å²) in [5.41, 5.74) is 0. The fraction of sp³-hybridized carbons (Fsp3) is 0.412. The number of aryl methyl sites for hydroxylation is 2. The van der Waals surface area contributed by atoms with E-state index >= 15 is 0 Å². The predicted molar refractivity (Wildman–Crippen MR) is 205 cm³/mol. The van der Waals surface area contributed by atoms with E-state index in [1.807, 2.05) is 30.0 Å². The van der Waals surface area contributed by atoms with Crippen LogP contribution in [0.25, 0.3) is 0 Å². The second kappa shape index (κ2) is 26.2. The number of rotatable bonds is 10. The summed E-state index contributed by atoms with van der Waals surface area (Å²) in [6.07, 6.45) is 22.4. The molecule has 6 amide bonds. The molecule has 0 saturated carbocycles. The van der Waals surface area contributed by atoms with Crippen LogP contribution in [0, 0.1) is 0 Å². The molecule has 3 aromatic rings. The molecule has 3 saturated heterocycles. The summed E-state index contributed by atoms with van der Waals surface area (Å²) in [6, 6.07) is -3.66. The number of nitrogens with zero attached hydrogens (tertiary/aromatic N) is 11. The second-order valence-corrected chi connectivity index (χ2v) is 15.2. The Bertz CT molecular complexity index is 2390. The van der Waals surface area contributed by atoms with Crippen molar-refractivity contribution in [2.75, 3.05) is 26.2 Å². The summed E-state index contributed by atoms with van der Waals surface area (Å²) in [5, 5.41) is 2.57. The number of amides is 6. The van der Waals surface area contributed by atoms with E-state index in [-0.39, 0.29) is 168 Å². The van der Waals surface area contributed by atoms with E-state index in [1.165, 1.54) is 14.9 Å². The summed E-state index contributed by atoms with van der Waals surface area (Å²) in [6.45, 7) is 5.02. The van der Waals surface area contributed by atoms with Crippen molar-refractivity contribution >= 4 is 38.9 Å². The van der Waals surface area contributed by atoms with E-state index < -0.39 is 57.0 Å². The first-order valence-electron chi connectivity index (χ1n) is 17.4. The fourth-order valence-electron chi connectivity index (χ4n) is 7.10. The summed E-state index contributed by atoms with van der Waals surface area (Å²) >= 11 is 0. The van der Waals surface area contributed by atoms with E-state index in [2.05, 4.69) is 35.1 Å². The number of fused-ring (bicyclic) bond motifs is 6. The largest absolute Gasteiger partial charge is 1.00 e. The standard InChI is InChI=1S/C13H16N4O2.C10H12N4O5S.C9H10N4O5S.2CH4.2Na.3W/c1-3-8-19-17-10-4-5-11(16(9-10)13(17)18)12-14-6-7-15(12)2;1-12-5-4-11-9(12)8-3-2-7-6-13(8)10(15)14(7)19-20(16,17)18;14-9-12-5-6(13(9)18-19(15,16)17)1-2-7(12)8-10-3-4-11-8;;;;;;;/h3-7,10-11H,1,8-9H2,2H3;2-5,7-8H,6H2,1H3,(H,16,17,18);1-4,6-7H,5H2,(H,10,11)(H,15,16,17);2*1H4;;;;;/q;;;;;2*+1;;;/p-2/t10?,11-;7?,8-;6?,7-;;;;;;;/m000......./s1. The van der Waals surface area contributed by atoms with Crippen LogP contribution < -0.4 is 59.1 Å². The average Bonchev–Trinajstić information content (AvgIpc) is 4.04. The van der Waals surface area contributed by atoms with E-state index in [0.29, 0.717) is 34.9 Å². The third kappa shape index (κ3) is 14.1. The van der Waals surface area contributed by atoms with Gasteiger partial charge in [0.25, 0.3) is 0 Å². The summed E-state index contributed by atoms with van der Waals surface area (Å²) in [5.74, 6) is 2.04. The predicted octanol–water partition coefficient (Wildman–Crippen LogP) is -4.42. The number of nitrogens with one attached hydrogen (secondary N) is 1. The normalized spacial score (nSPS) is 22.9. The van der Waals surface area contributed by atoms with Gasteiger partial charge in [0.15, 0.2) is 0 Å². The molecule has 6 bridgehead atoms. The second-order valence-electron chi connectivity index (χ2n) is 13.3. The molecule has 0 aliphatic carbocycles. The third-order valence-electron chi connectivity index (χ3n) is 9.63. The Morgan fingerprint density at radius 1 is 0.662 bits per heavy atom. The number of H-pyrrole nitrogens is 1. The Hall–Kier alpha value is -1.84. The van der Waals surface area contributed by atoms with Gasteiger partial charge in [0, 0.05) is 114 Å². The number of carbonyl (C=O) groups is 3. The molecule has 1 N–H and O–H groups in total. The molecule has 3 unspecified atom stereocenters. The minimum absolute atomic E-state index is 0. The zero-order valence-corrected chi connectivity index (χ0v) is 48.3. The number of urea groups is 3. The molecule has 6 aliphatic rings. The molecule has 65 heavy (non-hydrogen) atoms. The minimum Gasteiger partial charge on any atom is -0.724 e. The van der Waals surface area contributed by atoms with Crippen LogP contribution >= 0.6 is 0 Å². The number of hydrogen-bond donors (Lipinski definition) is 1. The Balaban J connectivity index is 0.000000897. The first kappa shape index (κ1) is 63.2. The van der Waals surface area contributed by atoms with Gasteiger partial charge in [-0.05, 0) is 0 Å². The summed E-state index contributed by atoms with van der Waals surface area (Å²) in [4.78, 5) is 61.8. The molecule has 3 aromatic heterocycles. The van der Waals surface area contributed by atoms with Crippen molar-refractivity contribution in [2.45, 2.75) is 51.1 Å². The molecular weight excluding hydrogens is 1430 g/mol. The fourth-order valence-corrected chi connectivity index (χ4v) is 7.84. The van der Waals surface area contributed by atoms with Crippen LogP contribution in [0.15, 0.2) is 86.3 Å². The molecule has 6 aliphatic heterocycles. The molecule has 344 valence electrons. The van der Waals surface area contributed by atoms with Gasteiger partial charge in [-0.3, -0.25) is 4.84 Å². The number of hydroxylamine groups is 6.